The molecule has 0 aliphatic heterocycles. The van der Waals surface area contributed by atoms with Crippen molar-refractivity contribution in [3.8, 4) is 5.75 Å². The molecule has 0 aromatic heterocycles. The molecule has 6 nitrogen and oxygen atoms in total. The summed E-state index contributed by atoms with van der Waals surface area (Å²) < 4.78 is 5.24. The van der Waals surface area contributed by atoms with Gasteiger partial charge in [0, 0.05) is 18.1 Å². The topological polar surface area (TPSA) is 95.9 Å². The highest BCUT2D eigenvalue weighted by Crippen LogP contribution is 2.20. The number of aryl methyl sites for hydroxylation is 1. The summed E-state index contributed by atoms with van der Waals surface area (Å²) in [5.41, 5.74) is 0.813. The van der Waals surface area contributed by atoms with Gasteiger partial charge in [-0.05, 0) is 30.7 Å². The van der Waals surface area contributed by atoms with E-state index in [1.807, 2.05) is 0 Å². The SMILES string of the molecule is Cc1cc(OCC(=O)N[C@H](CCO)C(=O)O)ccc1Cl. The highest BCUT2D eigenvalue weighted by molar-refractivity contribution is 6.31. The molecule has 0 bridgehead atoms. The maximum atomic E-state index is 11.6. The second kappa shape index (κ2) is 7.72. The maximum Gasteiger partial charge on any atom is 0.326 e. The Kier molecular flexibility index (Phi) is 6.27. The van der Waals surface area contributed by atoms with Crippen molar-refractivity contribution in [2.45, 2.75) is 19.4 Å². The number of aliphatic carboxylic acids is 1. The number of amides is 1. The molecule has 1 aromatic rings. The van der Waals surface area contributed by atoms with Crippen molar-refractivity contribution in [1.82, 2.24) is 5.32 Å². The zero-order valence-electron chi connectivity index (χ0n) is 10.9. The fraction of sp³-hybridized carbons (Fsp3) is 0.385. The van der Waals surface area contributed by atoms with Gasteiger partial charge in [-0.15, -0.1) is 0 Å². The van der Waals surface area contributed by atoms with E-state index in [-0.39, 0.29) is 19.6 Å². The summed E-state index contributed by atoms with van der Waals surface area (Å²) in [7, 11) is 0. The van der Waals surface area contributed by atoms with E-state index in [9.17, 15) is 9.59 Å². The molecule has 0 heterocycles. The molecule has 0 fully saturated rings. The first kappa shape index (κ1) is 16.3. The van der Waals surface area contributed by atoms with Crippen molar-refractivity contribution < 1.29 is 24.5 Å². The number of hydrogen-bond acceptors (Lipinski definition) is 4. The molecular formula is C13H16ClNO5. The first-order valence-electron chi connectivity index (χ1n) is 5.96. The van der Waals surface area contributed by atoms with Crippen molar-refractivity contribution in [2.24, 2.45) is 0 Å². The van der Waals surface area contributed by atoms with Crippen LogP contribution in [-0.4, -0.2) is 41.3 Å². The maximum absolute atomic E-state index is 11.6. The van der Waals surface area contributed by atoms with Gasteiger partial charge in [-0.2, -0.15) is 0 Å². The van der Waals surface area contributed by atoms with Gasteiger partial charge < -0.3 is 20.3 Å². The van der Waals surface area contributed by atoms with E-state index in [4.69, 9.17) is 26.6 Å². The van der Waals surface area contributed by atoms with E-state index in [0.717, 1.165) is 5.56 Å². The predicted octanol–water partition coefficient (Wildman–Crippen LogP) is 0.979. The Labute approximate surface area is 121 Å². The number of aliphatic hydroxyl groups excluding tert-OH is 1. The molecule has 1 atom stereocenters. The van der Waals surface area contributed by atoms with Gasteiger partial charge in [0.15, 0.2) is 6.61 Å². The molecule has 7 heteroatoms. The monoisotopic (exact) mass is 301 g/mol. The lowest BCUT2D eigenvalue weighted by atomic mass is 10.2. The van der Waals surface area contributed by atoms with Crippen molar-refractivity contribution in [2.75, 3.05) is 13.2 Å². The van der Waals surface area contributed by atoms with Crippen LogP contribution in [0.25, 0.3) is 0 Å². The molecule has 0 aliphatic carbocycles. The van der Waals surface area contributed by atoms with Crippen LogP contribution in [0, 0.1) is 6.92 Å². The summed E-state index contributed by atoms with van der Waals surface area (Å²) in [5, 5.41) is 20.4. The summed E-state index contributed by atoms with van der Waals surface area (Å²) >= 11 is 5.86. The number of nitrogens with one attached hydrogen (secondary N) is 1. The number of carboxylic acid groups (broad SMARTS) is 1. The molecule has 1 rings (SSSR count). The van der Waals surface area contributed by atoms with Gasteiger partial charge in [0.25, 0.3) is 5.91 Å². The van der Waals surface area contributed by atoms with Crippen molar-refractivity contribution >= 4 is 23.5 Å². The molecule has 20 heavy (non-hydrogen) atoms. The molecule has 1 aromatic carbocycles. The Morgan fingerprint density at radius 3 is 2.70 bits per heavy atom. The van der Waals surface area contributed by atoms with Crippen LogP contribution < -0.4 is 10.1 Å². The second-order valence-electron chi connectivity index (χ2n) is 4.17. The van der Waals surface area contributed by atoms with Crippen molar-refractivity contribution in [3.05, 3.63) is 28.8 Å². The summed E-state index contributed by atoms with van der Waals surface area (Å²) in [6, 6.07) is 3.82. The average Bonchev–Trinajstić information content (AvgIpc) is 2.39. The van der Waals surface area contributed by atoms with Crippen LogP contribution in [0.4, 0.5) is 0 Å². The first-order chi connectivity index (χ1) is 9.43. The number of benzene rings is 1. The third-order valence-corrected chi connectivity index (χ3v) is 2.97. The Balaban J connectivity index is 2.50. The lowest BCUT2D eigenvalue weighted by Crippen LogP contribution is -2.43. The molecule has 0 saturated heterocycles. The van der Waals surface area contributed by atoms with Gasteiger partial charge in [-0.3, -0.25) is 4.79 Å². The van der Waals surface area contributed by atoms with Crippen LogP contribution in [-0.2, 0) is 9.59 Å². The third-order valence-electron chi connectivity index (χ3n) is 2.55. The average molecular weight is 302 g/mol. The predicted molar refractivity (Wildman–Crippen MR) is 73.0 cm³/mol. The number of ether oxygens (including phenoxy) is 1. The highest BCUT2D eigenvalue weighted by Gasteiger charge is 2.19. The standard InChI is InChI=1S/C13H16ClNO5/c1-8-6-9(2-3-10(8)14)20-7-12(17)15-11(4-5-16)13(18)19/h2-3,6,11,16H,4-5,7H2,1H3,(H,15,17)(H,18,19)/t11-/m1/s1. The van der Waals surface area contributed by atoms with E-state index in [2.05, 4.69) is 5.32 Å². The second-order valence-corrected chi connectivity index (χ2v) is 4.58. The molecule has 0 aliphatic rings. The number of carbonyl (C=O) groups excluding carboxylic acids is 1. The minimum Gasteiger partial charge on any atom is -0.484 e. The largest absolute Gasteiger partial charge is 0.484 e. The zero-order valence-corrected chi connectivity index (χ0v) is 11.7. The molecule has 0 radical (unpaired) electrons. The van der Waals surface area contributed by atoms with E-state index in [1.165, 1.54) is 0 Å². The Bertz CT molecular complexity index is 492. The van der Waals surface area contributed by atoms with Crippen LogP contribution in [0.1, 0.15) is 12.0 Å². The van der Waals surface area contributed by atoms with Crippen LogP contribution in [0.2, 0.25) is 5.02 Å². The van der Waals surface area contributed by atoms with E-state index >= 15 is 0 Å². The summed E-state index contributed by atoms with van der Waals surface area (Å²) in [5.74, 6) is -1.30. The molecule has 0 saturated carbocycles. The smallest absolute Gasteiger partial charge is 0.326 e. The number of aliphatic hydroxyl groups is 1. The fourth-order valence-electron chi connectivity index (χ4n) is 1.48. The Morgan fingerprint density at radius 1 is 1.45 bits per heavy atom. The molecular weight excluding hydrogens is 286 g/mol. The van der Waals surface area contributed by atoms with Crippen molar-refractivity contribution in [3.63, 3.8) is 0 Å². The highest BCUT2D eigenvalue weighted by atomic mass is 35.5. The molecule has 0 unspecified atom stereocenters. The fourth-order valence-corrected chi connectivity index (χ4v) is 1.60. The Hall–Kier alpha value is -1.79. The number of carbonyl (C=O) groups is 2. The molecule has 110 valence electrons. The number of carboxylic acids is 1. The van der Waals surface area contributed by atoms with Gasteiger partial charge in [-0.25, -0.2) is 4.79 Å². The van der Waals surface area contributed by atoms with E-state index < -0.39 is 17.9 Å². The van der Waals surface area contributed by atoms with E-state index in [1.54, 1.807) is 25.1 Å². The lowest BCUT2D eigenvalue weighted by molar-refractivity contribution is -0.142. The third kappa shape index (κ3) is 5.07. The number of rotatable bonds is 7. The van der Waals surface area contributed by atoms with Crippen LogP contribution in [0.3, 0.4) is 0 Å². The van der Waals surface area contributed by atoms with Gasteiger partial charge >= 0.3 is 5.97 Å². The van der Waals surface area contributed by atoms with Gasteiger partial charge in [0.2, 0.25) is 0 Å². The van der Waals surface area contributed by atoms with Gasteiger partial charge in [-0.1, -0.05) is 11.6 Å². The molecule has 3 N–H and O–H groups in total. The van der Waals surface area contributed by atoms with Crippen molar-refractivity contribution in [1.29, 1.82) is 0 Å². The Morgan fingerprint density at radius 2 is 2.15 bits per heavy atom. The van der Waals surface area contributed by atoms with Crippen LogP contribution >= 0.6 is 11.6 Å². The first-order valence-corrected chi connectivity index (χ1v) is 6.34. The summed E-state index contributed by atoms with van der Waals surface area (Å²) in [6.45, 7) is 1.17. The van der Waals surface area contributed by atoms with Crippen LogP contribution in [0.15, 0.2) is 18.2 Å². The summed E-state index contributed by atoms with van der Waals surface area (Å²) in [6.07, 6.45) is -0.0544. The minimum atomic E-state index is -1.20. The minimum absolute atomic E-state index is 0.0544. The molecule has 0 spiro atoms. The zero-order chi connectivity index (χ0) is 15.1. The quantitative estimate of drug-likeness (QED) is 0.697. The molecule has 1 amide bonds. The summed E-state index contributed by atoms with van der Waals surface area (Å²) in [4.78, 5) is 22.4. The lowest BCUT2D eigenvalue weighted by Gasteiger charge is -2.13. The van der Waals surface area contributed by atoms with Gasteiger partial charge in [0.05, 0.1) is 0 Å². The van der Waals surface area contributed by atoms with E-state index in [0.29, 0.717) is 10.8 Å². The number of halogens is 1. The number of hydrogen-bond donors (Lipinski definition) is 3. The van der Waals surface area contributed by atoms with Gasteiger partial charge in [0.1, 0.15) is 11.8 Å². The van der Waals surface area contributed by atoms with Crippen LogP contribution in [0.5, 0.6) is 5.75 Å². The normalized spacial score (nSPS) is 11.8.